The van der Waals surface area contributed by atoms with Crippen molar-refractivity contribution in [3.05, 3.63) is 47.7 Å². The average Bonchev–Trinajstić information content (AvgIpc) is 2.46. The molecule has 4 N–H and O–H groups in total. The van der Waals surface area contributed by atoms with Gasteiger partial charge in [0.15, 0.2) is 5.82 Å². The summed E-state index contributed by atoms with van der Waals surface area (Å²) >= 11 is 0. The normalized spacial score (nSPS) is 10.0. The number of amides is 1. The van der Waals surface area contributed by atoms with Crippen LogP contribution in [-0.2, 0) is 6.54 Å². The van der Waals surface area contributed by atoms with E-state index in [-0.39, 0.29) is 11.6 Å². The third kappa shape index (κ3) is 3.23. The summed E-state index contributed by atoms with van der Waals surface area (Å²) in [4.78, 5) is 23.8. The van der Waals surface area contributed by atoms with E-state index in [1.165, 1.54) is 12.4 Å². The molecule has 0 fully saturated rings. The summed E-state index contributed by atoms with van der Waals surface area (Å²) in [5.74, 6) is 5.25. The van der Waals surface area contributed by atoms with Crippen molar-refractivity contribution >= 4 is 11.7 Å². The van der Waals surface area contributed by atoms with Gasteiger partial charge in [-0.05, 0) is 24.1 Å². The summed E-state index contributed by atoms with van der Waals surface area (Å²) in [6.45, 7) is 2.35. The molecule has 0 bridgehead atoms. The number of carbonyl (C=O) groups excluding carboxylic acids is 1. The van der Waals surface area contributed by atoms with E-state index >= 15 is 0 Å². The Morgan fingerprint density at radius 1 is 1.32 bits per heavy atom. The minimum atomic E-state index is -0.305. The van der Waals surface area contributed by atoms with E-state index in [4.69, 9.17) is 5.84 Å². The van der Waals surface area contributed by atoms with E-state index in [9.17, 15) is 4.79 Å². The second kappa shape index (κ2) is 5.87. The van der Waals surface area contributed by atoms with Gasteiger partial charge in [-0.3, -0.25) is 14.8 Å². The summed E-state index contributed by atoms with van der Waals surface area (Å²) in [5, 5.41) is 2.77. The van der Waals surface area contributed by atoms with Crippen LogP contribution < -0.4 is 16.6 Å². The van der Waals surface area contributed by atoms with E-state index in [2.05, 4.69) is 25.7 Å². The number of nitrogen functional groups attached to an aromatic ring is 1. The lowest BCUT2D eigenvalue weighted by Gasteiger charge is -2.07. The molecule has 2 heterocycles. The van der Waals surface area contributed by atoms with Crippen molar-refractivity contribution in [1.82, 2.24) is 20.3 Å². The van der Waals surface area contributed by atoms with Crippen molar-refractivity contribution in [2.45, 2.75) is 13.5 Å². The highest BCUT2D eigenvalue weighted by atomic mass is 16.1. The molecule has 0 spiro atoms. The van der Waals surface area contributed by atoms with Crippen molar-refractivity contribution in [1.29, 1.82) is 0 Å². The lowest BCUT2D eigenvalue weighted by atomic mass is 10.1. The van der Waals surface area contributed by atoms with Gasteiger partial charge in [-0.2, -0.15) is 0 Å². The van der Waals surface area contributed by atoms with Crippen molar-refractivity contribution in [3.8, 4) is 0 Å². The van der Waals surface area contributed by atoms with Crippen LogP contribution in [0.3, 0.4) is 0 Å². The van der Waals surface area contributed by atoms with Crippen LogP contribution in [0.25, 0.3) is 0 Å². The predicted octanol–water partition coefficient (Wildman–Crippen LogP) is 0.396. The number of aromatic nitrogens is 3. The summed E-state index contributed by atoms with van der Waals surface area (Å²) in [6.07, 6.45) is 6.26. The van der Waals surface area contributed by atoms with Gasteiger partial charge in [0.2, 0.25) is 0 Å². The van der Waals surface area contributed by atoms with Gasteiger partial charge in [0.1, 0.15) is 5.69 Å². The third-order valence-corrected chi connectivity index (χ3v) is 2.59. The molecule has 0 saturated heterocycles. The number of aryl methyl sites for hydroxylation is 1. The van der Waals surface area contributed by atoms with Crippen LogP contribution in [0.2, 0.25) is 0 Å². The van der Waals surface area contributed by atoms with E-state index in [1.54, 1.807) is 12.4 Å². The van der Waals surface area contributed by atoms with Crippen LogP contribution in [-0.4, -0.2) is 20.9 Å². The Balaban J connectivity index is 2.03. The highest BCUT2D eigenvalue weighted by molar-refractivity contribution is 5.92. The Labute approximate surface area is 110 Å². The van der Waals surface area contributed by atoms with Crippen molar-refractivity contribution in [3.63, 3.8) is 0 Å². The average molecular weight is 258 g/mol. The molecule has 98 valence electrons. The highest BCUT2D eigenvalue weighted by Crippen LogP contribution is 2.05. The van der Waals surface area contributed by atoms with Gasteiger partial charge in [0.05, 0.1) is 12.4 Å². The number of hydrazine groups is 1. The first-order valence-corrected chi connectivity index (χ1v) is 5.67. The lowest BCUT2D eigenvalue weighted by Crippen LogP contribution is -2.25. The number of nitrogens with two attached hydrogens (primary N) is 1. The van der Waals surface area contributed by atoms with Gasteiger partial charge in [0, 0.05) is 18.9 Å². The number of anilines is 1. The molecule has 0 atom stereocenters. The first-order chi connectivity index (χ1) is 9.20. The Morgan fingerprint density at radius 2 is 2.16 bits per heavy atom. The molecular formula is C12H14N6O. The molecule has 0 aliphatic carbocycles. The quantitative estimate of drug-likeness (QED) is 0.541. The van der Waals surface area contributed by atoms with Gasteiger partial charge in [-0.15, -0.1) is 0 Å². The minimum absolute atomic E-state index is 0.210. The standard InChI is InChI=1S/C12H14N6O/c1-8-4-14-3-2-9(8)5-16-12(19)10-6-15-7-11(17-10)18-13/h2-4,6-7H,5,13H2,1H3,(H,16,19)(H,17,18). The SMILES string of the molecule is Cc1cnccc1CNC(=O)c1cncc(NN)n1. The summed E-state index contributed by atoms with van der Waals surface area (Å²) in [7, 11) is 0. The van der Waals surface area contributed by atoms with Crippen LogP contribution in [0.1, 0.15) is 21.6 Å². The largest absolute Gasteiger partial charge is 0.347 e. The molecule has 2 aromatic heterocycles. The van der Waals surface area contributed by atoms with E-state index in [1.807, 2.05) is 13.0 Å². The fourth-order valence-corrected chi connectivity index (χ4v) is 1.51. The first kappa shape index (κ1) is 12.9. The van der Waals surface area contributed by atoms with Crippen LogP contribution >= 0.6 is 0 Å². The maximum atomic E-state index is 11.9. The van der Waals surface area contributed by atoms with Gasteiger partial charge in [0.25, 0.3) is 5.91 Å². The Bertz CT molecular complexity index is 586. The van der Waals surface area contributed by atoms with Gasteiger partial charge in [-0.1, -0.05) is 0 Å². The van der Waals surface area contributed by atoms with Crippen molar-refractivity contribution < 1.29 is 4.79 Å². The molecule has 19 heavy (non-hydrogen) atoms. The molecule has 0 radical (unpaired) electrons. The molecule has 0 aliphatic heterocycles. The number of carbonyl (C=O) groups is 1. The fourth-order valence-electron chi connectivity index (χ4n) is 1.51. The Morgan fingerprint density at radius 3 is 2.89 bits per heavy atom. The number of pyridine rings is 1. The number of hydrogen-bond donors (Lipinski definition) is 3. The van der Waals surface area contributed by atoms with Crippen LogP contribution in [0.5, 0.6) is 0 Å². The van der Waals surface area contributed by atoms with Gasteiger partial charge < -0.3 is 10.7 Å². The van der Waals surface area contributed by atoms with Crippen molar-refractivity contribution in [2.24, 2.45) is 5.84 Å². The number of rotatable bonds is 4. The molecule has 2 aromatic rings. The van der Waals surface area contributed by atoms with Crippen molar-refractivity contribution in [2.75, 3.05) is 5.43 Å². The van der Waals surface area contributed by atoms with Crippen LogP contribution in [0.4, 0.5) is 5.82 Å². The van der Waals surface area contributed by atoms with Crippen LogP contribution in [0.15, 0.2) is 30.9 Å². The molecule has 7 heteroatoms. The summed E-state index contributed by atoms with van der Waals surface area (Å²) in [5.41, 5.74) is 4.58. The maximum Gasteiger partial charge on any atom is 0.271 e. The lowest BCUT2D eigenvalue weighted by molar-refractivity contribution is 0.0945. The van der Waals surface area contributed by atoms with Gasteiger partial charge >= 0.3 is 0 Å². The molecule has 0 aromatic carbocycles. The zero-order chi connectivity index (χ0) is 13.7. The van der Waals surface area contributed by atoms with E-state index < -0.39 is 0 Å². The second-order valence-electron chi connectivity index (χ2n) is 3.92. The summed E-state index contributed by atoms with van der Waals surface area (Å²) in [6, 6.07) is 1.86. The fraction of sp³-hybridized carbons (Fsp3) is 0.167. The molecule has 2 rings (SSSR count). The topological polar surface area (TPSA) is 106 Å². The highest BCUT2D eigenvalue weighted by Gasteiger charge is 2.08. The monoisotopic (exact) mass is 258 g/mol. The van der Waals surface area contributed by atoms with E-state index in [0.29, 0.717) is 12.4 Å². The molecular weight excluding hydrogens is 244 g/mol. The number of hydrogen-bond acceptors (Lipinski definition) is 6. The Kier molecular flexibility index (Phi) is 3.99. The molecule has 0 aliphatic rings. The second-order valence-corrected chi connectivity index (χ2v) is 3.92. The smallest absolute Gasteiger partial charge is 0.271 e. The molecule has 7 nitrogen and oxygen atoms in total. The molecule has 1 amide bonds. The third-order valence-electron chi connectivity index (χ3n) is 2.59. The maximum absolute atomic E-state index is 11.9. The molecule has 0 unspecified atom stereocenters. The summed E-state index contributed by atoms with van der Waals surface area (Å²) < 4.78 is 0. The zero-order valence-electron chi connectivity index (χ0n) is 10.4. The van der Waals surface area contributed by atoms with Gasteiger partial charge in [-0.25, -0.2) is 10.8 Å². The number of nitrogens with zero attached hydrogens (tertiary/aromatic N) is 3. The zero-order valence-corrected chi connectivity index (χ0v) is 10.4. The number of nitrogens with one attached hydrogen (secondary N) is 2. The minimum Gasteiger partial charge on any atom is -0.347 e. The Hall–Kier alpha value is -2.54. The first-order valence-electron chi connectivity index (χ1n) is 5.67. The predicted molar refractivity (Wildman–Crippen MR) is 70.0 cm³/mol. The van der Waals surface area contributed by atoms with Crippen LogP contribution in [0, 0.1) is 6.92 Å². The molecule has 0 saturated carbocycles. The van der Waals surface area contributed by atoms with E-state index in [0.717, 1.165) is 11.1 Å².